The van der Waals surface area contributed by atoms with E-state index in [-0.39, 0.29) is 5.82 Å². The largest absolute Gasteiger partial charge is 0.378 e. The SMILES string of the molecule is N#Cc1ccc(F)c(CNCCC2CCCCO2)c1. The van der Waals surface area contributed by atoms with E-state index in [9.17, 15) is 4.39 Å². The molecule has 0 aromatic heterocycles. The maximum absolute atomic E-state index is 13.5. The molecule has 3 nitrogen and oxygen atoms in total. The Balaban J connectivity index is 1.74. The minimum Gasteiger partial charge on any atom is -0.378 e. The van der Waals surface area contributed by atoms with Crippen molar-refractivity contribution in [1.82, 2.24) is 5.32 Å². The van der Waals surface area contributed by atoms with Crippen LogP contribution in [0.15, 0.2) is 18.2 Å². The minimum absolute atomic E-state index is 0.264. The van der Waals surface area contributed by atoms with Crippen LogP contribution in [0, 0.1) is 17.1 Å². The average Bonchev–Trinajstić information content (AvgIpc) is 2.46. The topological polar surface area (TPSA) is 45.0 Å². The van der Waals surface area contributed by atoms with Gasteiger partial charge in [0.2, 0.25) is 0 Å². The van der Waals surface area contributed by atoms with Crippen LogP contribution in [0.3, 0.4) is 0 Å². The number of halogens is 1. The Morgan fingerprint density at radius 2 is 2.32 bits per heavy atom. The molecule has 102 valence electrons. The molecular formula is C15H19FN2O. The molecule has 0 saturated carbocycles. The molecule has 0 aliphatic carbocycles. The fourth-order valence-corrected chi connectivity index (χ4v) is 2.30. The van der Waals surface area contributed by atoms with Gasteiger partial charge in [-0.25, -0.2) is 4.39 Å². The molecule has 1 atom stereocenters. The molecule has 19 heavy (non-hydrogen) atoms. The molecule has 0 amide bonds. The van der Waals surface area contributed by atoms with E-state index in [1.165, 1.54) is 18.6 Å². The number of nitrogens with zero attached hydrogens (tertiary/aromatic N) is 1. The van der Waals surface area contributed by atoms with E-state index in [1.54, 1.807) is 6.07 Å². The lowest BCUT2D eigenvalue weighted by Crippen LogP contribution is -2.25. The van der Waals surface area contributed by atoms with Gasteiger partial charge in [0.25, 0.3) is 0 Å². The van der Waals surface area contributed by atoms with Crippen molar-refractivity contribution >= 4 is 0 Å². The predicted molar refractivity (Wildman–Crippen MR) is 71.0 cm³/mol. The summed E-state index contributed by atoms with van der Waals surface area (Å²) in [6.07, 6.45) is 4.83. The first-order valence-electron chi connectivity index (χ1n) is 6.80. The van der Waals surface area contributed by atoms with Crippen LogP contribution in [0.25, 0.3) is 0 Å². The standard InChI is InChI=1S/C15H19FN2O/c16-15-5-4-12(10-17)9-13(15)11-18-7-6-14-3-1-2-8-19-14/h4-5,9,14,18H,1-3,6-8,11H2. The van der Waals surface area contributed by atoms with Gasteiger partial charge in [0, 0.05) is 18.7 Å². The first-order chi connectivity index (χ1) is 9.29. The summed E-state index contributed by atoms with van der Waals surface area (Å²) in [4.78, 5) is 0. The lowest BCUT2D eigenvalue weighted by molar-refractivity contribution is 0.0115. The Kier molecular flexibility index (Phi) is 5.31. The maximum atomic E-state index is 13.5. The summed E-state index contributed by atoms with van der Waals surface area (Å²) in [5.41, 5.74) is 1.04. The lowest BCUT2D eigenvalue weighted by atomic mass is 10.1. The van der Waals surface area contributed by atoms with Gasteiger partial charge >= 0.3 is 0 Å². The minimum atomic E-state index is -0.264. The molecule has 0 spiro atoms. The molecule has 1 aromatic rings. The van der Waals surface area contributed by atoms with E-state index >= 15 is 0 Å². The van der Waals surface area contributed by atoms with E-state index in [4.69, 9.17) is 10.00 Å². The van der Waals surface area contributed by atoms with E-state index in [2.05, 4.69) is 5.32 Å². The molecule has 1 aliphatic rings. The molecule has 4 heteroatoms. The van der Waals surface area contributed by atoms with Gasteiger partial charge < -0.3 is 10.1 Å². The summed E-state index contributed by atoms with van der Waals surface area (Å²) in [6.45, 7) is 2.12. The van der Waals surface area contributed by atoms with Crippen molar-refractivity contribution in [2.75, 3.05) is 13.2 Å². The first kappa shape index (κ1) is 14.0. The van der Waals surface area contributed by atoms with E-state index in [0.29, 0.717) is 23.8 Å². The molecule has 0 radical (unpaired) electrons. The Morgan fingerprint density at radius 3 is 3.05 bits per heavy atom. The normalized spacial score (nSPS) is 19.1. The second kappa shape index (κ2) is 7.22. The van der Waals surface area contributed by atoms with Crippen LogP contribution in [-0.2, 0) is 11.3 Å². The third kappa shape index (κ3) is 4.30. The zero-order chi connectivity index (χ0) is 13.5. The third-order valence-electron chi connectivity index (χ3n) is 3.41. The van der Waals surface area contributed by atoms with Crippen LogP contribution in [0.4, 0.5) is 4.39 Å². The molecule has 0 bridgehead atoms. The van der Waals surface area contributed by atoms with Crippen molar-refractivity contribution < 1.29 is 9.13 Å². The predicted octanol–water partition coefficient (Wildman–Crippen LogP) is 2.75. The lowest BCUT2D eigenvalue weighted by Gasteiger charge is -2.22. The van der Waals surface area contributed by atoms with Crippen LogP contribution >= 0.6 is 0 Å². The molecule has 1 aromatic carbocycles. The van der Waals surface area contributed by atoms with Crippen molar-refractivity contribution in [1.29, 1.82) is 5.26 Å². The van der Waals surface area contributed by atoms with Gasteiger partial charge in [-0.1, -0.05) is 0 Å². The molecule has 1 N–H and O–H groups in total. The monoisotopic (exact) mass is 262 g/mol. The summed E-state index contributed by atoms with van der Waals surface area (Å²) in [5, 5.41) is 12.0. The highest BCUT2D eigenvalue weighted by Crippen LogP contribution is 2.15. The molecule has 1 heterocycles. The van der Waals surface area contributed by atoms with Gasteiger partial charge in [-0.2, -0.15) is 5.26 Å². The third-order valence-corrected chi connectivity index (χ3v) is 3.41. The fraction of sp³-hybridized carbons (Fsp3) is 0.533. The van der Waals surface area contributed by atoms with Gasteiger partial charge in [-0.05, 0) is 50.4 Å². The highest BCUT2D eigenvalue weighted by Gasteiger charge is 2.13. The Bertz CT molecular complexity index is 450. The van der Waals surface area contributed by atoms with Crippen LogP contribution < -0.4 is 5.32 Å². The fourth-order valence-electron chi connectivity index (χ4n) is 2.30. The summed E-state index contributed by atoms with van der Waals surface area (Å²) in [6, 6.07) is 6.46. The van der Waals surface area contributed by atoms with Crippen molar-refractivity contribution in [2.24, 2.45) is 0 Å². The average molecular weight is 262 g/mol. The molecule has 2 rings (SSSR count). The number of ether oxygens (including phenoxy) is 1. The highest BCUT2D eigenvalue weighted by atomic mass is 19.1. The summed E-state index contributed by atoms with van der Waals surface area (Å²) in [5.74, 6) is -0.264. The molecule has 1 unspecified atom stereocenters. The van der Waals surface area contributed by atoms with Gasteiger partial charge in [0.1, 0.15) is 5.82 Å². The van der Waals surface area contributed by atoms with Crippen molar-refractivity contribution in [3.05, 3.63) is 35.1 Å². The molecule has 1 saturated heterocycles. The van der Waals surface area contributed by atoms with Crippen LogP contribution in [-0.4, -0.2) is 19.3 Å². The zero-order valence-corrected chi connectivity index (χ0v) is 11.0. The Labute approximate surface area is 113 Å². The number of nitrogens with one attached hydrogen (secondary N) is 1. The second-order valence-corrected chi connectivity index (χ2v) is 4.87. The van der Waals surface area contributed by atoms with Gasteiger partial charge in [0.05, 0.1) is 17.7 Å². The molecule has 1 aliphatic heterocycles. The Morgan fingerprint density at radius 1 is 1.42 bits per heavy atom. The van der Waals surface area contributed by atoms with Crippen LogP contribution in [0.5, 0.6) is 0 Å². The quantitative estimate of drug-likeness (QED) is 0.830. The van der Waals surface area contributed by atoms with E-state index < -0.39 is 0 Å². The van der Waals surface area contributed by atoms with Crippen LogP contribution in [0.2, 0.25) is 0 Å². The number of rotatable bonds is 5. The number of hydrogen-bond acceptors (Lipinski definition) is 3. The van der Waals surface area contributed by atoms with Crippen molar-refractivity contribution in [2.45, 2.75) is 38.3 Å². The highest BCUT2D eigenvalue weighted by molar-refractivity contribution is 5.33. The van der Waals surface area contributed by atoms with Gasteiger partial charge in [-0.15, -0.1) is 0 Å². The van der Waals surface area contributed by atoms with Crippen LogP contribution in [0.1, 0.15) is 36.8 Å². The number of nitriles is 1. The zero-order valence-electron chi connectivity index (χ0n) is 11.0. The Hall–Kier alpha value is -1.44. The molecular weight excluding hydrogens is 243 g/mol. The summed E-state index contributed by atoms with van der Waals surface area (Å²) >= 11 is 0. The summed E-state index contributed by atoms with van der Waals surface area (Å²) in [7, 11) is 0. The van der Waals surface area contributed by atoms with E-state index in [1.807, 2.05) is 6.07 Å². The number of hydrogen-bond donors (Lipinski definition) is 1. The smallest absolute Gasteiger partial charge is 0.127 e. The second-order valence-electron chi connectivity index (χ2n) is 4.87. The molecule has 1 fully saturated rings. The number of benzene rings is 1. The first-order valence-corrected chi connectivity index (χ1v) is 6.80. The van der Waals surface area contributed by atoms with Crippen molar-refractivity contribution in [3.8, 4) is 6.07 Å². The van der Waals surface area contributed by atoms with E-state index in [0.717, 1.165) is 32.4 Å². The van der Waals surface area contributed by atoms with Crippen molar-refractivity contribution in [3.63, 3.8) is 0 Å². The van der Waals surface area contributed by atoms with Gasteiger partial charge in [-0.3, -0.25) is 0 Å². The summed E-state index contributed by atoms with van der Waals surface area (Å²) < 4.78 is 19.1. The maximum Gasteiger partial charge on any atom is 0.127 e. The van der Waals surface area contributed by atoms with Gasteiger partial charge in [0.15, 0.2) is 0 Å².